The van der Waals surface area contributed by atoms with E-state index < -0.39 is 23.0 Å². The Balaban J connectivity index is 1.31. The van der Waals surface area contributed by atoms with Gasteiger partial charge in [0.15, 0.2) is 5.82 Å². The molecule has 3 N–H and O–H groups in total. The number of fused-ring (bicyclic) bond motifs is 1. The van der Waals surface area contributed by atoms with Gasteiger partial charge in [-0.05, 0) is 72.9 Å². The van der Waals surface area contributed by atoms with E-state index in [4.69, 9.17) is 4.74 Å². The molecule has 2 unspecified atom stereocenters. The van der Waals surface area contributed by atoms with Crippen molar-refractivity contribution in [1.29, 1.82) is 0 Å². The van der Waals surface area contributed by atoms with E-state index in [1.165, 1.54) is 11.0 Å². The van der Waals surface area contributed by atoms with E-state index in [1.807, 2.05) is 63.2 Å². The van der Waals surface area contributed by atoms with Crippen molar-refractivity contribution in [2.45, 2.75) is 83.4 Å². The van der Waals surface area contributed by atoms with Crippen molar-refractivity contribution >= 4 is 23.6 Å². The first-order chi connectivity index (χ1) is 22.0. The number of hydrogen-bond acceptors (Lipinski definition) is 9. The molecule has 0 radical (unpaired) electrons. The Bertz CT molecular complexity index is 1620. The second kappa shape index (κ2) is 13.7. The lowest BCUT2D eigenvalue weighted by Gasteiger charge is -2.38. The van der Waals surface area contributed by atoms with E-state index in [9.17, 15) is 19.2 Å². The molecule has 2 atom stereocenters. The van der Waals surface area contributed by atoms with Crippen molar-refractivity contribution in [2.75, 3.05) is 6.61 Å². The molecule has 0 spiro atoms. The van der Waals surface area contributed by atoms with Crippen molar-refractivity contribution < 1.29 is 23.9 Å². The molecule has 13 heteroatoms. The predicted octanol–water partition coefficient (Wildman–Crippen LogP) is 2.13. The number of aromatic nitrogens is 4. The zero-order valence-electron chi connectivity index (χ0n) is 26.4. The fourth-order valence-electron chi connectivity index (χ4n) is 6.23. The van der Waals surface area contributed by atoms with Crippen molar-refractivity contribution in [2.24, 2.45) is 0 Å². The zero-order chi connectivity index (χ0) is 32.9. The van der Waals surface area contributed by atoms with Crippen LogP contribution in [-0.2, 0) is 50.9 Å². The van der Waals surface area contributed by atoms with E-state index in [0.717, 1.165) is 16.7 Å². The van der Waals surface area contributed by atoms with Gasteiger partial charge >= 0.3 is 0 Å². The molecule has 1 aromatic heterocycles. The first-order valence-corrected chi connectivity index (χ1v) is 15.3. The molecule has 0 saturated carbocycles. The third-order valence-electron chi connectivity index (χ3n) is 8.30. The predicted molar refractivity (Wildman–Crippen MR) is 168 cm³/mol. The topological polar surface area (TPSA) is 160 Å². The number of rotatable bonds is 14. The van der Waals surface area contributed by atoms with Crippen molar-refractivity contribution in [1.82, 2.24) is 41.1 Å². The summed E-state index contributed by atoms with van der Waals surface area (Å²) in [4.78, 5) is 51.1. The summed E-state index contributed by atoms with van der Waals surface area (Å²) in [6.45, 7) is 11.4. The van der Waals surface area contributed by atoms with Gasteiger partial charge in [0, 0.05) is 30.6 Å². The van der Waals surface area contributed by atoms with Gasteiger partial charge in [0.1, 0.15) is 6.04 Å². The van der Waals surface area contributed by atoms with Crippen molar-refractivity contribution in [3.05, 3.63) is 89.3 Å². The van der Waals surface area contributed by atoms with Crippen LogP contribution < -0.4 is 16.0 Å². The molecule has 0 bridgehead atoms. The molecule has 242 valence electrons. The third kappa shape index (κ3) is 7.54. The number of carbonyl (C=O) groups excluding carboxylic acids is 4. The van der Waals surface area contributed by atoms with Gasteiger partial charge in [0.05, 0.1) is 25.3 Å². The van der Waals surface area contributed by atoms with Gasteiger partial charge in [0.2, 0.25) is 17.7 Å². The number of nitrogens with zero attached hydrogens (tertiary/aromatic N) is 5. The maximum atomic E-state index is 13.2. The zero-order valence-corrected chi connectivity index (χ0v) is 26.4. The lowest BCUT2D eigenvalue weighted by Crippen LogP contribution is -2.52. The fraction of sp³-hybridized carbons (Fsp3) is 0.424. The number of nitrogens with one attached hydrogen (secondary N) is 3. The van der Waals surface area contributed by atoms with Crippen LogP contribution in [0.15, 0.2) is 61.2 Å². The normalized spacial score (nSPS) is 17.8. The molecule has 46 heavy (non-hydrogen) atoms. The Morgan fingerprint density at radius 1 is 1.13 bits per heavy atom. The second-order valence-electron chi connectivity index (χ2n) is 12.6. The number of amides is 4. The first-order valence-electron chi connectivity index (χ1n) is 15.3. The summed E-state index contributed by atoms with van der Waals surface area (Å²) < 4.78 is 7.61. The largest absolute Gasteiger partial charge is 0.375 e. The Kier molecular flexibility index (Phi) is 9.73. The van der Waals surface area contributed by atoms with Gasteiger partial charge < -0.3 is 20.3 Å². The first kappa shape index (κ1) is 32.6. The molecule has 3 heterocycles. The number of ether oxygens (including phenoxy) is 1. The molecule has 2 aliphatic heterocycles. The number of piperidine rings is 1. The van der Waals surface area contributed by atoms with Crippen LogP contribution in [0.4, 0.5) is 0 Å². The van der Waals surface area contributed by atoms with E-state index >= 15 is 0 Å². The monoisotopic (exact) mass is 628 g/mol. The van der Waals surface area contributed by atoms with Gasteiger partial charge in [-0.25, -0.2) is 4.68 Å². The molecular weight excluding hydrogens is 588 g/mol. The van der Waals surface area contributed by atoms with E-state index in [0.29, 0.717) is 50.5 Å². The number of imide groups is 1. The summed E-state index contributed by atoms with van der Waals surface area (Å²) in [6.07, 6.45) is 2.18. The maximum absolute atomic E-state index is 13.2. The van der Waals surface area contributed by atoms with Crippen molar-refractivity contribution in [3.8, 4) is 0 Å². The van der Waals surface area contributed by atoms with E-state index in [-0.39, 0.29) is 30.7 Å². The maximum Gasteiger partial charge on any atom is 0.255 e. The Morgan fingerprint density at radius 2 is 1.91 bits per heavy atom. The minimum absolute atomic E-state index is 0.201. The third-order valence-corrected chi connectivity index (χ3v) is 8.30. The van der Waals surface area contributed by atoms with Gasteiger partial charge in [-0.1, -0.05) is 49.0 Å². The summed E-state index contributed by atoms with van der Waals surface area (Å²) in [5.74, 6) is -0.686. The molecule has 1 saturated heterocycles. The molecule has 0 aliphatic carbocycles. The number of benzene rings is 2. The highest BCUT2D eigenvalue weighted by molar-refractivity contribution is 6.05. The van der Waals surface area contributed by atoms with Crippen LogP contribution in [-0.4, -0.2) is 66.9 Å². The van der Waals surface area contributed by atoms with Crippen LogP contribution in [0.1, 0.15) is 72.9 Å². The van der Waals surface area contributed by atoms with Crippen LogP contribution in [0.25, 0.3) is 0 Å². The smallest absolute Gasteiger partial charge is 0.255 e. The fourth-order valence-corrected chi connectivity index (χ4v) is 6.23. The molecule has 2 aromatic carbocycles. The minimum Gasteiger partial charge on any atom is -0.375 e. The number of carbonyl (C=O) groups is 4. The highest BCUT2D eigenvalue weighted by Crippen LogP contribution is 2.31. The van der Waals surface area contributed by atoms with E-state index in [2.05, 4.69) is 38.1 Å². The van der Waals surface area contributed by atoms with Gasteiger partial charge in [0.25, 0.3) is 5.91 Å². The average molecular weight is 629 g/mol. The molecule has 1 fully saturated rings. The summed E-state index contributed by atoms with van der Waals surface area (Å²) >= 11 is 0. The highest BCUT2D eigenvalue weighted by Gasteiger charge is 2.40. The lowest BCUT2D eigenvalue weighted by atomic mass is 9.84. The van der Waals surface area contributed by atoms with Crippen LogP contribution in [0.5, 0.6) is 0 Å². The summed E-state index contributed by atoms with van der Waals surface area (Å²) in [6, 6.07) is 14.8. The Labute approximate surface area is 267 Å². The quantitative estimate of drug-likeness (QED) is 0.138. The summed E-state index contributed by atoms with van der Waals surface area (Å²) in [5, 5.41) is 21.6. The summed E-state index contributed by atoms with van der Waals surface area (Å²) in [5.41, 5.74) is 1.87. The number of tetrazole rings is 1. The van der Waals surface area contributed by atoms with Crippen molar-refractivity contribution in [3.63, 3.8) is 0 Å². The minimum atomic E-state index is -0.811. The molecule has 4 amide bonds. The van der Waals surface area contributed by atoms with Gasteiger partial charge in [-0.2, -0.15) is 0 Å². The summed E-state index contributed by atoms with van der Waals surface area (Å²) in [7, 11) is 0. The van der Waals surface area contributed by atoms with Crippen LogP contribution in [0.2, 0.25) is 0 Å². The molecule has 5 rings (SSSR count). The van der Waals surface area contributed by atoms with E-state index in [1.54, 1.807) is 10.7 Å². The highest BCUT2D eigenvalue weighted by atomic mass is 16.5. The standard InChI is InChI=1S/C33H40N8O5/c1-5-27(42)36-32(2,3)21-33(4,31-37-38-39-41(31)15-16-46-20-22-9-7-6-8-10-22)34-18-23-11-12-25-24(17-23)19-40(30(25)45)26-13-14-28(43)35-29(26)44/h5-12,17,26,34H,1,13-16,18-21H2,2-4H3,(H,36,42)(H,35,43,44). The van der Waals surface area contributed by atoms with Crippen LogP contribution >= 0.6 is 0 Å². The van der Waals surface area contributed by atoms with Gasteiger partial charge in [-0.3, -0.25) is 24.5 Å². The second-order valence-corrected chi connectivity index (χ2v) is 12.6. The number of hydrogen-bond donors (Lipinski definition) is 3. The molecule has 3 aromatic rings. The Hall–Kier alpha value is -4.75. The molecular formula is C33H40N8O5. The Morgan fingerprint density at radius 3 is 2.65 bits per heavy atom. The molecule has 13 nitrogen and oxygen atoms in total. The SMILES string of the molecule is C=CC(=O)NC(C)(C)CC(C)(NCc1ccc2c(c1)CN(C1CCC(=O)NC1=O)C2=O)c1nnnn1CCOCc1ccccc1. The lowest BCUT2D eigenvalue weighted by molar-refractivity contribution is -0.137. The van der Waals surface area contributed by atoms with Crippen LogP contribution in [0, 0.1) is 0 Å². The van der Waals surface area contributed by atoms with Gasteiger partial charge in [-0.15, -0.1) is 5.10 Å². The average Bonchev–Trinajstić information content (AvgIpc) is 3.63. The molecule has 2 aliphatic rings. The van der Waals surface area contributed by atoms with Crippen LogP contribution in [0.3, 0.4) is 0 Å².